The first kappa shape index (κ1) is 13.3. The average Bonchev–Trinajstić information content (AvgIpc) is 2.20. The van der Waals surface area contributed by atoms with Crippen LogP contribution in [0.5, 0.6) is 0 Å². The van der Waals surface area contributed by atoms with Crippen LogP contribution in [0.1, 0.15) is 40.0 Å². The van der Waals surface area contributed by atoms with E-state index < -0.39 is 0 Å². The van der Waals surface area contributed by atoms with Crippen molar-refractivity contribution >= 4 is 0 Å². The highest BCUT2D eigenvalue weighted by atomic mass is 16.5. The summed E-state index contributed by atoms with van der Waals surface area (Å²) in [6, 6.07) is 2.14. The molecule has 100 valence electrons. The molecule has 1 aliphatic heterocycles. The standard InChI is InChI=1S/C14H28N2O/c1-10(2)5-12-9-16(11(3)8-15-12)13-6-14(7-13)17-4/h10-15H,5-9H2,1-4H3. The Bertz CT molecular complexity index is 238. The van der Waals surface area contributed by atoms with Crippen molar-refractivity contribution in [3.05, 3.63) is 0 Å². The fourth-order valence-electron chi connectivity index (χ4n) is 3.19. The highest BCUT2D eigenvalue weighted by Crippen LogP contribution is 2.30. The molecule has 0 bridgehead atoms. The molecule has 1 heterocycles. The number of hydrogen-bond donors (Lipinski definition) is 1. The number of piperazine rings is 1. The Kier molecular flexibility index (Phi) is 4.45. The Labute approximate surface area is 106 Å². The lowest BCUT2D eigenvalue weighted by molar-refractivity contribution is -0.0500. The van der Waals surface area contributed by atoms with Crippen LogP contribution in [-0.2, 0) is 4.74 Å². The monoisotopic (exact) mass is 240 g/mol. The first-order valence-corrected chi connectivity index (χ1v) is 7.12. The van der Waals surface area contributed by atoms with Gasteiger partial charge in [-0.25, -0.2) is 0 Å². The minimum Gasteiger partial charge on any atom is -0.381 e. The molecule has 0 radical (unpaired) electrons. The third kappa shape index (κ3) is 3.21. The van der Waals surface area contributed by atoms with Crippen LogP contribution in [0.25, 0.3) is 0 Å². The molecule has 3 nitrogen and oxygen atoms in total. The van der Waals surface area contributed by atoms with E-state index in [-0.39, 0.29) is 0 Å². The molecule has 1 aliphatic carbocycles. The van der Waals surface area contributed by atoms with Gasteiger partial charge >= 0.3 is 0 Å². The van der Waals surface area contributed by atoms with Crippen LogP contribution in [0.15, 0.2) is 0 Å². The van der Waals surface area contributed by atoms with E-state index in [1.807, 2.05) is 7.11 Å². The van der Waals surface area contributed by atoms with Gasteiger partial charge in [0.1, 0.15) is 0 Å². The van der Waals surface area contributed by atoms with Crippen molar-refractivity contribution in [1.29, 1.82) is 0 Å². The number of rotatable bonds is 4. The average molecular weight is 240 g/mol. The zero-order chi connectivity index (χ0) is 12.4. The van der Waals surface area contributed by atoms with Gasteiger partial charge in [0.05, 0.1) is 6.10 Å². The minimum absolute atomic E-state index is 0.519. The topological polar surface area (TPSA) is 24.5 Å². The second-order valence-corrected chi connectivity index (χ2v) is 6.26. The number of methoxy groups -OCH3 is 1. The molecular formula is C14H28N2O. The summed E-state index contributed by atoms with van der Waals surface area (Å²) < 4.78 is 5.39. The normalized spacial score (nSPS) is 39.4. The lowest BCUT2D eigenvalue weighted by Gasteiger charge is -2.49. The fourth-order valence-corrected chi connectivity index (χ4v) is 3.19. The summed E-state index contributed by atoms with van der Waals surface area (Å²) in [4.78, 5) is 2.71. The van der Waals surface area contributed by atoms with Gasteiger partial charge in [0, 0.05) is 38.3 Å². The van der Waals surface area contributed by atoms with Crippen molar-refractivity contribution in [1.82, 2.24) is 10.2 Å². The lowest BCUT2D eigenvalue weighted by atomic mass is 9.85. The van der Waals surface area contributed by atoms with Gasteiger partial charge in [0.15, 0.2) is 0 Å². The first-order valence-electron chi connectivity index (χ1n) is 7.12. The molecule has 0 spiro atoms. The van der Waals surface area contributed by atoms with E-state index in [1.165, 1.54) is 25.8 Å². The van der Waals surface area contributed by atoms with Crippen LogP contribution in [0.2, 0.25) is 0 Å². The van der Waals surface area contributed by atoms with E-state index in [1.54, 1.807) is 0 Å². The molecule has 2 unspecified atom stereocenters. The summed E-state index contributed by atoms with van der Waals surface area (Å²) in [5.41, 5.74) is 0. The number of nitrogens with zero attached hydrogens (tertiary/aromatic N) is 1. The number of hydrogen-bond acceptors (Lipinski definition) is 3. The maximum absolute atomic E-state index is 5.39. The predicted octanol–water partition coefficient (Wildman–Crippen LogP) is 1.87. The van der Waals surface area contributed by atoms with Crippen LogP contribution < -0.4 is 5.32 Å². The lowest BCUT2D eigenvalue weighted by Crippen LogP contribution is -2.62. The fraction of sp³-hybridized carbons (Fsp3) is 1.00. The van der Waals surface area contributed by atoms with Crippen molar-refractivity contribution in [2.45, 2.75) is 64.3 Å². The van der Waals surface area contributed by atoms with Crippen LogP contribution in [0.4, 0.5) is 0 Å². The molecule has 0 aromatic rings. The van der Waals surface area contributed by atoms with E-state index in [9.17, 15) is 0 Å². The van der Waals surface area contributed by atoms with E-state index in [2.05, 4.69) is 31.0 Å². The van der Waals surface area contributed by atoms with Crippen molar-refractivity contribution < 1.29 is 4.74 Å². The van der Waals surface area contributed by atoms with Crippen LogP contribution in [0.3, 0.4) is 0 Å². The second kappa shape index (κ2) is 5.68. The van der Waals surface area contributed by atoms with Gasteiger partial charge < -0.3 is 10.1 Å². The van der Waals surface area contributed by atoms with Gasteiger partial charge in [-0.1, -0.05) is 13.8 Å². The van der Waals surface area contributed by atoms with E-state index in [0.717, 1.165) is 18.5 Å². The molecule has 2 aliphatic rings. The van der Waals surface area contributed by atoms with E-state index in [4.69, 9.17) is 4.74 Å². The molecule has 2 atom stereocenters. The van der Waals surface area contributed by atoms with Gasteiger partial charge in [-0.05, 0) is 32.1 Å². The van der Waals surface area contributed by atoms with Crippen LogP contribution >= 0.6 is 0 Å². The molecule has 2 fully saturated rings. The third-order valence-corrected chi connectivity index (χ3v) is 4.33. The molecule has 2 rings (SSSR count). The van der Waals surface area contributed by atoms with Crippen molar-refractivity contribution in [2.24, 2.45) is 5.92 Å². The Morgan fingerprint density at radius 3 is 2.65 bits per heavy atom. The van der Waals surface area contributed by atoms with Crippen LogP contribution in [0, 0.1) is 5.92 Å². The molecular weight excluding hydrogens is 212 g/mol. The largest absolute Gasteiger partial charge is 0.381 e. The smallest absolute Gasteiger partial charge is 0.0601 e. The van der Waals surface area contributed by atoms with Gasteiger partial charge in [-0.15, -0.1) is 0 Å². The summed E-state index contributed by atoms with van der Waals surface area (Å²) in [7, 11) is 1.84. The molecule has 0 aromatic heterocycles. The maximum Gasteiger partial charge on any atom is 0.0601 e. The number of nitrogens with one attached hydrogen (secondary N) is 1. The molecule has 0 amide bonds. The van der Waals surface area contributed by atoms with Gasteiger partial charge in [-0.3, -0.25) is 4.90 Å². The Morgan fingerprint density at radius 1 is 1.35 bits per heavy atom. The number of ether oxygens (including phenoxy) is 1. The predicted molar refractivity (Wildman–Crippen MR) is 71.2 cm³/mol. The molecule has 3 heteroatoms. The van der Waals surface area contributed by atoms with Crippen molar-refractivity contribution in [3.8, 4) is 0 Å². The zero-order valence-electron chi connectivity index (χ0n) is 11.8. The quantitative estimate of drug-likeness (QED) is 0.812. The summed E-state index contributed by atoms with van der Waals surface area (Å²) in [5.74, 6) is 0.788. The molecule has 0 aromatic carbocycles. The molecule has 1 saturated carbocycles. The summed E-state index contributed by atoms with van der Waals surface area (Å²) in [6.45, 7) is 9.34. The summed E-state index contributed by atoms with van der Waals surface area (Å²) in [6.07, 6.45) is 4.28. The van der Waals surface area contributed by atoms with Crippen LogP contribution in [-0.4, -0.2) is 49.3 Å². The summed E-state index contributed by atoms with van der Waals surface area (Å²) >= 11 is 0. The van der Waals surface area contributed by atoms with Gasteiger partial charge in [0.25, 0.3) is 0 Å². The third-order valence-electron chi connectivity index (χ3n) is 4.33. The first-order chi connectivity index (χ1) is 8.10. The second-order valence-electron chi connectivity index (χ2n) is 6.26. The Hall–Kier alpha value is -0.120. The Balaban J connectivity index is 1.83. The summed E-state index contributed by atoms with van der Waals surface area (Å²) in [5, 5.41) is 3.69. The molecule has 17 heavy (non-hydrogen) atoms. The Morgan fingerprint density at radius 2 is 2.06 bits per heavy atom. The van der Waals surface area contributed by atoms with Gasteiger partial charge in [0.2, 0.25) is 0 Å². The zero-order valence-corrected chi connectivity index (χ0v) is 11.8. The molecule has 1 saturated heterocycles. The SMILES string of the molecule is COC1CC(N2CC(CC(C)C)NCC2C)C1. The van der Waals surface area contributed by atoms with Crippen molar-refractivity contribution in [3.63, 3.8) is 0 Å². The van der Waals surface area contributed by atoms with E-state index >= 15 is 0 Å². The minimum atomic E-state index is 0.519. The van der Waals surface area contributed by atoms with Crippen molar-refractivity contribution in [2.75, 3.05) is 20.2 Å². The highest BCUT2D eigenvalue weighted by Gasteiger charge is 2.38. The van der Waals surface area contributed by atoms with E-state index in [0.29, 0.717) is 18.2 Å². The maximum atomic E-state index is 5.39. The highest BCUT2D eigenvalue weighted by molar-refractivity contribution is 4.94. The molecule has 1 N–H and O–H groups in total. The van der Waals surface area contributed by atoms with Gasteiger partial charge in [-0.2, -0.15) is 0 Å².